The van der Waals surface area contributed by atoms with Gasteiger partial charge in [0.05, 0.1) is 12.6 Å². The predicted octanol–water partition coefficient (Wildman–Crippen LogP) is 1.25. The quantitative estimate of drug-likeness (QED) is 0.750. The lowest BCUT2D eigenvalue weighted by atomic mass is 10.1. The fraction of sp³-hybridized carbons (Fsp3) is 0.615. The smallest absolute Gasteiger partial charge is 0.225 e. The first-order chi connectivity index (χ1) is 8.70. The van der Waals surface area contributed by atoms with Crippen molar-refractivity contribution in [2.45, 2.75) is 19.8 Å². The van der Waals surface area contributed by atoms with E-state index >= 15 is 0 Å². The van der Waals surface area contributed by atoms with Gasteiger partial charge in [-0.05, 0) is 11.5 Å². The molecule has 0 spiro atoms. The van der Waals surface area contributed by atoms with Crippen LogP contribution in [0.5, 0.6) is 0 Å². The van der Waals surface area contributed by atoms with E-state index in [1.54, 1.807) is 0 Å². The van der Waals surface area contributed by atoms with Crippen LogP contribution >= 0.6 is 0 Å². The molecule has 0 atom stereocenters. The summed E-state index contributed by atoms with van der Waals surface area (Å²) in [5.74, 6) is 1.27. The zero-order valence-corrected chi connectivity index (χ0v) is 11.0. The van der Waals surface area contributed by atoms with E-state index in [0.29, 0.717) is 12.5 Å². The summed E-state index contributed by atoms with van der Waals surface area (Å²) in [7, 11) is 0. The third kappa shape index (κ3) is 2.96. The zero-order valence-electron chi connectivity index (χ0n) is 11.0. The maximum atomic E-state index is 8.65. The first-order valence-corrected chi connectivity index (χ1v) is 6.37. The lowest BCUT2D eigenvalue weighted by molar-refractivity contribution is 0.285. The van der Waals surface area contributed by atoms with Crippen molar-refractivity contribution in [2.75, 3.05) is 37.6 Å². The molecule has 0 unspecified atom stereocenters. The van der Waals surface area contributed by atoms with Crippen LogP contribution in [0.15, 0.2) is 12.4 Å². The molecule has 0 radical (unpaired) electrons. The van der Waals surface area contributed by atoms with E-state index in [1.807, 2.05) is 12.4 Å². The monoisotopic (exact) mass is 245 g/mol. The largest absolute Gasteiger partial charge is 0.338 e. The SMILES string of the molecule is CC(C)c1cnc(N2CCN(CC#N)CC2)nc1. The van der Waals surface area contributed by atoms with E-state index < -0.39 is 0 Å². The molecule has 96 valence electrons. The topological polar surface area (TPSA) is 56.1 Å². The molecule has 0 aliphatic carbocycles. The molecule has 2 rings (SSSR count). The molecule has 1 aliphatic rings. The minimum absolute atomic E-state index is 0.464. The summed E-state index contributed by atoms with van der Waals surface area (Å²) in [6.07, 6.45) is 3.82. The highest BCUT2D eigenvalue weighted by Crippen LogP contribution is 2.15. The van der Waals surface area contributed by atoms with E-state index in [1.165, 1.54) is 5.56 Å². The number of hydrogen-bond donors (Lipinski definition) is 0. The minimum Gasteiger partial charge on any atom is -0.338 e. The average molecular weight is 245 g/mol. The Morgan fingerprint density at radius 3 is 2.33 bits per heavy atom. The number of anilines is 1. The van der Waals surface area contributed by atoms with Gasteiger partial charge in [-0.3, -0.25) is 4.90 Å². The lowest BCUT2D eigenvalue weighted by Gasteiger charge is -2.33. The molecule has 18 heavy (non-hydrogen) atoms. The molecule has 1 aromatic rings. The third-order valence-electron chi connectivity index (χ3n) is 3.27. The van der Waals surface area contributed by atoms with Crippen molar-refractivity contribution < 1.29 is 0 Å². The van der Waals surface area contributed by atoms with Crippen molar-refractivity contribution in [3.63, 3.8) is 0 Å². The molecule has 0 aromatic carbocycles. The Kier molecular flexibility index (Phi) is 4.11. The van der Waals surface area contributed by atoms with Crippen LogP contribution in [0.2, 0.25) is 0 Å². The number of rotatable bonds is 3. The average Bonchev–Trinajstić information content (AvgIpc) is 2.40. The van der Waals surface area contributed by atoms with Crippen LogP contribution < -0.4 is 4.90 Å². The van der Waals surface area contributed by atoms with Gasteiger partial charge in [-0.1, -0.05) is 13.8 Å². The van der Waals surface area contributed by atoms with Crippen LogP contribution in [-0.4, -0.2) is 47.6 Å². The van der Waals surface area contributed by atoms with Crippen LogP contribution in [0.1, 0.15) is 25.3 Å². The molecule has 1 aromatic heterocycles. The second-order valence-corrected chi connectivity index (χ2v) is 4.89. The molecule has 0 amide bonds. The van der Waals surface area contributed by atoms with Gasteiger partial charge in [0.1, 0.15) is 0 Å². The Labute approximate surface area is 108 Å². The highest BCUT2D eigenvalue weighted by atomic mass is 15.3. The molecule has 1 saturated heterocycles. The Morgan fingerprint density at radius 1 is 1.22 bits per heavy atom. The van der Waals surface area contributed by atoms with Gasteiger partial charge in [0, 0.05) is 38.6 Å². The Balaban J connectivity index is 1.95. The molecule has 0 bridgehead atoms. The molecule has 1 fully saturated rings. The Bertz CT molecular complexity index is 412. The lowest BCUT2D eigenvalue weighted by Crippen LogP contribution is -2.47. The van der Waals surface area contributed by atoms with Gasteiger partial charge in [0.25, 0.3) is 0 Å². The van der Waals surface area contributed by atoms with Gasteiger partial charge in [-0.15, -0.1) is 0 Å². The van der Waals surface area contributed by atoms with Crippen molar-refractivity contribution in [3.05, 3.63) is 18.0 Å². The zero-order chi connectivity index (χ0) is 13.0. The van der Waals surface area contributed by atoms with Crippen LogP contribution in [0.4, 0.5) is 5.95 Å². The summed E-state index contributed by atoms with van der Waals surface area (Å²) < 4.78 is 0. The summed E-state index contributed by atoms with van der Waals surface area (Å²) >= 11 is 0. The van der Waals surface area contributed by atoms with E-state index in [0.717, 1.165) is 32.1 Å². The van der Waals surface area contributed by atoms with Crippen LogP contribution in [0, 0.1) is 11.3 Å². The normalized spacial score (nSPS) is 16.9. The number of nitriles is 1. The molecule has 0 N–H and O–H groups in total. The van der Waals surface area contributed by atoms with Crippen molar-refractivity contribution in [2.24, 2.45) is 0 Å². The summed E-state index contributed by atoms with van der Waals surface area (Å²) in [6, 6.07) is 2.19. The van der Waals surface area contributed by atoms with Gasteiger partial charge >= 0.3 is 0 Å². The van der Waals surface area contributed by atoms with Gasteiger partial charge in [-0.25, -0.2) is 9.97 Å². The van der Waals surface area contributed by atoms with E-state index in [-0.39, 0.29) is 0 Å². The highest BCUT2D eigenvalue weighted by Gasteiger charge is 2.18. The standard InChI is InChI=1S/C13H19N5/c1-11(2)12-9-15-13(16-10-12)18-7-5-17(4-3-14)6-8-18/h9-11H,4-8H2,1-2H3. The van der Waals surface area contributed by atoms with Gasteiger partial charge in [-0.2, -0.15) is 5.26 Å². The second-order valence-electron chi connectivity index (χ2n) is 4.89. The summed E-state index contributed by atoms with van der Waals surface area (Å²) in [6.45, 7) is 8.39. The van der Waals surface area contributed by atoms with Crippen LogP contribution in [0.25, 0.3) is 0 Å². The fourth-order valence-electron chi connectivity index (χ4n) is 2.00. The Morgan fingerprint density at radius 2 is 1.83 bits per heavy atom. The summed E-state index contributed by atoms with van der Waals surface area (Å²) in [4.78, 5) is 13.2. The van der Waals surface area contributed by atoms with Crippen LogP contribution in [-0.2, 0) is 0 Å². The maximum Gasteiger partial charge on any atom is 0.225 e. The van der Waals surface area contributed by atoms with Gasteiger partial charge in [0.15, 0.2) is 0 Å². The Hall–Kier alpha value is -1.67. The first-order valence-electron chi connectivity index (χ1n) is 6.37. The fourth-order valence-corrected chi connectivity index (χ4v) is 2.00. The molecule has 0 saturated carbocycles. The third-order valence-corrected chi connectivity index (χ3v) is 3.27. The van der Waals surface area contributed by atoms with Crippen molar-refractivity contribution in [3.8, 4) is 6.07 Å². The molecular formula is C13H19N5. The van der Waals surface area contributed by atoms with E-state index in [9.17, 15) is 0 Å². The highest BCUT2D eigenvalue weighted by molar-refractivity contribution is 5.31. The van der Waals surface area contributed by atoms with E-state index in [4.69, 9.17) is 5.26 Å². The van der Waals surface area contributed by atoms with Crippen LogP contribution in [0.3, 0.4) is 0 Å². The molecule has 5 nitrogen and oxygen atoms in total. The minimum atomic E-state index is 0.464. The summed E-state index contributed by atoms with van der Waals surface area (Å²) in [5, 5.41) is 8.65. The molecule has 5 heteroatoms. The summed E-state index contributed by atoms with van der Waals surface area (Å²) in [5.41, 5.74) is 1.17. The number of aromatic nitrogens is 2. The van der Waals surface area contributed by atoms with Gasteiger partial charge in [0.2, 0.25) is 5.95 Å². The maximum absolute atomic E-state index is 8.65. The molecular weight excluding hydrogens is 226 g/mol. The van der Waals surface area contributed by atoms with Crippen molar-refractivity contribution >= 4 is 5.95 Å². The van der Waals surface area contributed by atoms with Crippen molar-refractivity contribution in [1.82, 2.24) is 14.9 Å². The van der Waals surface area contributed by atoms with E-state index in [2.05, 4.69) is 39.7 Å². The molecule has 2 heterocycles. The molecule has 1 aliphatic heterocycles. The predicted molar refractivity (Wildman–Crippen MR) is 70.4 cm³/mol. The number of piperazine rings is 1. The second kappa shape index (κ2) is 5.78. The van der Waals surface area contributed by atoms with Gasteiger partial charge < -0.3 is 4.90 Å². The first kappa shape index (κ1) is 12.8. The number of nitrogens with zero attached hydrogens (tertiary/aromatic N) is 5. The van der Waals surface area contributed by atoms with Crippen molar-refractivity contribution in [1.29, 1.82) is 5.26 Å². The number of hydrogen-bond acceptors (Lipinski definition) is 5.